The second-order valence-corrected chi connectivity index (χ2v) is 9.26. The Kier molecular flexibility index (Phi) is 7.00. The Morgan fingerprint density at radius 2 is 1.82 bits per heavy atom. The van der Waals surface area contributed by atoms with Crippen molar-refractivity contribution in [2.45, 2.75) is 45.6 Å². The molecule has 0 aromatic heterocycles. The van der Waals surface area contributed by atoms with Crippen molar-refractivity contribution in [1.29, 1.82) is 0 Å². The quantitative estimate of drug-likeness (QED) is 0.715. The fraction of sp³-hybridized carbons (Fsp3) is 0.481. The lowest BCUT2D eigenvalue weighted by Gasteiger charge is -2.31. The molecule has 1 amide bonds. The number of rotatable bonds is 5. The van der Waals surface area contributed by atoms with E-state index in [0.717, 1.165) is 41.8 Å². The molecule has 182 valence electrons. The van der Waals surface area contributed by atoms with E-state index < -0.39 is 0 Å². The van der Waals surface area contributed by atoms with Gasteiger partial charge in [-0.3, -0.25) is 9.59 Å². The van der Waals surface area contributed by atoms with Gasteiger partial charge in [0.15, 0.2) is 11.5 Å². The molecule has 1 aliphatic carbocycles. The second-order valence-electron chi connectivity index (χ2n) is 9.26. The molecule has 2 aromatic rings. The number of piperidine rings is 1. The maximum absolute atomic E-state index is 13.5. The van der Waals surface area contributed by atoms with Gasteiger partial charge in [0.05, 0.1) is 33.1 Å². The van der Waals surface area contributed by atoms with E-state index in [-0.39, 0.29) is 17.4 Å². The Balaban J connectivity index is 1.99. The summed E-state index contributed by atoms with van der Waals surface area (Å²) in [6.07, 6.45) is 3.58. The number of aryl methyl sites for hydroxylation is 1. The lowest BCUT2D eigenvalue weighted by Crippen LogP contribution is -2.36. The van der Waals surface area contributed by atoms with E-state index in [1.54, 1.807) is 27.4 Å². The first-order valence-corrected chi connectivity index (χ1v) is 11.9. The van der Waals surface area contributed by atoms with Crippen LogP contribution in [0.1, 0.15) is 50.3 Å². The minimum Gasteiger partial charge on any atom is -0.493 e. The molecule has 0 saturated carbocycles. The number of benzene rings is 1. The Labute approximate surface area is 201 Å². The molecule has 1 heterocycles. The van der Waals surface area contributed by atoms with E-state index in [2.05, 4.69) is 17.1 Å². The summed E-state index contributed by atoms with van der Waals surface area (Å²) in [5.74, 6) is 2.07. The molecule has 1 aliphatic heterocycles. The summed E-state index contributed by atoms with van der Waals surface area (Å²) >= 11 is 0. The summed E-state index contributed by atoms with van der Waals surface area (Å²) in [4.78, 5) is 27.8. The largest absolute Gasteiger partial charge is 0.493 e. The number of carbonyl (C=O) groups excluding carboxylic acids is 1. The maximum Gasteiger partial charge on any atom is 0.217 e. The average molecular weight is 467 g/mol. The molecule has 1 fully saturated rings. The number of nitrogens with zero attached hydrogens (tertiary/aromatic N) is 1. The highest BCUT2D eigenvalue weighted by molar-refractivity contribution is 5.83. The minimum atomic E-state index is -0.296. The summed E-state index contributed by atoms with van der Waals surface area (Å²) in [7, 11) is 4.79. The van der Waals surface area contributed by atoms with E-state index in [4.69, 9.17) is 14.2 Å². The van der Waals surface area contributed by atoms with Crippen molar-refractivity contribution >= 4 is 11.6 Å². The molecular formula is C27H34N2O5. The predicted molar refractivity (Wildman–Crippen MR) is 133 cm³/mol. The van der Waals surface area contributed by atoms with Gasteiger partial charge in [0.1, 0.15) is 0 Å². The molecule has 2 aromatic carbocycles. The van der Waals surface area contributed by atoms with Crippen LogP contribution in [0.3, 0.4) is 0 Å². The van der Waals surface area contributed by atoms with Crippen molar-refractivity contribution in [3.63, 3.8) is 0 Å². The fourth-order valence-corrected chi connectivity index (χ4v) is 5.37. The smallest absolute Gasteiger partial charge is 0.217 e. The predicted octanol–water partition coefficient (Wildman–Crippen LogP) is 4.10. The number of ether oxygens (including phenoxy) is 3. The Hall–Kier alpha value is -3.22. The Morgan fingerprint density at radius 1 is 1.06 bits per heavy atom. The third-order valence-electron chi connectivity index (χ3n) is 6.89. The van der Waals surface area contributed by atoms with Crippen LogP contribution in [0.5, 0.6) is 17.2 Å². The van der Waals surface area contributed by atoms with Gasteiger partial charge < -0.3 is 24.4 Å². The highest BCUT2D eigenvalue weighted by Crippen LogP contribution is 2.50. The second kappa shape index (κ2) is 9.95. The van der Waals surface area contributed by atoms with Gasteiger partial charge in [-0.25, -0.2) is 0 Å². The molecule has 0 spiro atoms. The number of amides is 1. The zero-order chi connectivity index (χ0) is 24.4. The molecule has 1 N–H and O–H groups in total. The summed E-state index contributed by atoms with van der Waals surface area (Å²) in [6.45, 7) is 5.46. The minimum absolute atomic E-state index is 0.0337. The van der Waals surface area contributed by atoms with Crippen LogP contribution in [0.25, 0.3) is 11.1 Å². The summed E-state index contributed by atoms with van der Waals surface area (Å²) < 4.78 is 17.1. The summed E-state index contributed by atoms with van der Waals surface area (Å²) in [5.41, 5.74) is 4.21. The lowest BCUT2D eigenvalue weighted by molar-refractivity contribution is -0.119. The maximum atomic E-state index is 13.5. The van der Waals surface area contributed by atoms with Crippen molar-refractivity contribution in [1.82, 2.24) is 5.32 Å². The molecular weight excluding hydrogens is 432 g/mol. The molecule has 34 heavy (non-hydrogen) atoms. The molecule has 0 unspecified atom stereocenters. The number of hydrogen-bond donors (Lipinski definition) is 1. The van der Waals surface area contributed by atoms with Gasteiger partial charge in [-0.1, -0.05) is 13.0 Å². The Bertz CT molecular complexity index is 1150. The van der Waals surface area contributed by atoms with Crippen molar-refractivity contribution in [3.8, 4) is 28.4 Å². The number of nitrogens with one attached hydrogen (secondary N) is 1. The number of fused-ring (bicyclic) bond motifs is 3. The SMILES string of the molecule is COc1cc2c(c(OC)c1OC)-c1ccc(N3CCC[C@@H](C)C3)c(=O)cc1[C@@H](NC(C)=O)CC2. The molecule has 2 aliphatic rings. The highest BCUT2D eigenvalue weighted by atomic mass is 16.5. The van der Waals surface area contributed by atoms with Crippen molar-refractivity contribution in [3.05, 3.63) is 45.6 Å². The molecule has 4 rings (SSSR count). The monoisotopic (exact) mass is 466 g/mol. The van der Waals surface area contributed by atoms with Crippen LogP contribution in [0.4, 0.5) is 5.69 Å². The lowest BCUT2D eigenvalue weighted by atomic mass is 9.95. The van der Waals surface area contributed by atoms with Crippen LogP contribution >= 0.6 is 0 Å². The summed E-state index contributed by atoms with van der Waals surface area (Å²) in [6, 6.07) is 7.30. The van der Waals surface area contributed by atoms with Gasteiger partial charge in [-0.15, -0.1) is 0 Å². The first-order chi connectivity index (χ1) is 16.4. The van der Waals surface area contributed by atoms with Gasteiger partial charge in [0.25, 0.3) is 0 Å². The Morgan fingerprint density at radius 3 is 2.47 bits per heavy atom. The molecule has 0 bridgehead atoms. The molecule has 1 saturated heterocycles. The average Bonchev–Trinajstić information content (AvgIpc) is 3.06. The van der Waals surface area contributed by atoms with Crippen molar-refractivity contribution < 1.29 is 19.0 Å². The van der Waals surface area contributed by atoms with Gasteiger partial charge in [-0.2, -0.15) is 0 Å². The zero-order valence-electron chi connectivity index (χ0n) is 20.7. The molecule has 7 nitrogen and oxygen atoms in total. The van der Waals surface area contributed by atoms with Crippen molar-refractivity contribution in [2.24, 2.45) is 5.92 Å². The molecule has 0 radical (unpaired) electrons. The first kappa shape index (κ1) is 23.9. The standard InChI is InChI=1S/C27H34N2O5/c1-16-7-6-12-29(15-16)22-11-9-19-20(14-23(22)31)21(28-17(2)30)10-8-18-13-24(32-3)26(33-4)27(34-5)25(18)19/h9,11,13-14,16,21H,6-8,10,12,15H2,1-5H3,(H,28,30)/t16-,21+/m1/s1. The highest BCUT2D eigenvalue weighted by Gasteiger charge is 2.30. The third-order valence-corrected chi connectivity index (χ3v) is 6.89. The van der Waals surface area contributed by atoms with Crippen LogP contribution in [0.15, 0.2) is 29.1 Å². The normalized spacial score (nSPS) is 19.4. The van der Waals surface area contributed by atoms with Crippen LogP contribution in [0.2, 0.25) is 0 Å². The van der Waals surface area contributed by atoms with Crippen LogP contribution < -0.4 is 29.9 Å². The van der Waals surface area contributed by atoms with Gasteiger partial charge in [0.2, 0.25) is 17.1 Å². The third kappa shape index (κ3) is 4.43. The first-order valence-electron chi connectivity index (χ1n) is 11.9. The van der Waals surface area contributed by atoms with Gasteiger partial charge in [-0.05, 0) is 66.5 Å². The van der Waals surface area contributed by atoms with E-state index in [1.165, 1.54) is 13.3 Å². The van der Waals surface area contributed by atoms with E-state index >= 15 is 0 Å². The molecule has 2 atom stereocenters. The number of anilines is 1. The van der Waals surface area contributed by atoms with Gasteiger partial charge in [0, 0.05) is 25.6 Å². The van der Waals surface area contributed by atoms with Crippen molar-refractivity contribution in [2.75, 3.05) is 39.3 Å². The van der Waals surface area contributed by atoms with Crippen LogP contribution in [0, 0.1) is 5.92 Å². The number of carbonyl (C=O) groups is 1. The zero-order valence-corrected chi connectivity index (χ0v) is 20.7. The van der Waals surface area contributed by atoms with E-state index in [9.17, 15) is 9.59 Å². The molecule has 7 heteroatoms. The number of methoxy groups -OCH3 is 3. The summed E-state index contributed by atoms with van der Waals surface area (Å²) in [5, 5.41) is 3.06. The van der Waals surface area contributed by atoms with Gasteiger partial charge >= 0.3 is 0 Å². The topological polar surface area (TPSA) is 77.1 Å². The van der Waals surface area contributed by atoms with Crippen LogP contribution in [-0.2, 0) is 11.2 Å². The fourth-order valence-electron chi connectivity index (χ4n) is 5.37. The van der Waals surface area contributed by atoms with E-state index in [0.29, 0.717) is 41.7 Å². The van der Waals surface area contributed by atoms with E-state index in [1.807, 2.05) is 18.2 Å². The number of hydrogen-bond acceptors (Lipinski definition) is 6. The van der Waals surface area contributed by atoms with Crippen LogP contribution in [-0.4, -0.2) is 40.3 Å².